The predicted octanol–water partition coefficient (Wildman–Crippen LogP) is 3.36. The van der Waals surface area contributed by atoms with Crippen LogP contribution in [-0.2, 0) is 6.54 Å². The van der Waals surface area contributed by atoms with Gasteiger partial charge < -0.3 is 10.4 Å². The predicted molar refractivity (Wildman–Crippen MR) is 114 cm³/mol. The van der Waals surface area contributed by atoms with Gasteiger partial charge in [0.15, 0.2) is 0 Å². The summed E-state index contributed by atoms with van der Waals surface area (Å²) < 4.78 is 0. The third-order valence-electron chi connectivity index (χ3n) is 6.30. The summed E-state index contributed by atoms with van der Waals surface area (Å²) in [6.45, 7) is 1.87. The smallest absolute Gasteiger partial charge is 0.115 e. The molecule has 1 saturated heterocycles. The van der Waals surface area contributed by atoms with Crippen molar-refractivity contribution in [3.8, 4) is 17.2 Å². The average molecular weight is 397 g/mol. The number of aliphatic hydroxyl groups excluding tert-OH is 1. The van der Waals surface area contributed by atoms with Crippen molar-refractivity contribution in [3.63, 3.8) is 0 Å². The van der Waals surface area contributed by atoms with Crippen LogP contribution in [0.4, 0.5) is 5.69 Å². The largest absolute Gasteiger partial charge is 0.394 e. The van der Waals surface area contributed by atoms with E-state index in [0.29, 0.717) is 11.5 Å². The summed E-state index contributed by atoms with van der Waals surface area (Å²) in [5.41, 5.74) is 6.22. The Bertz CT molecular complexity index is 1090. The summed E-state index contributed by atoms with van der Waals surface area (Å²) in [4.78, 5) is 10.8. The van der Waals surface area contributed by atoms with Crippen molar-refractivity contribution in [2.45, 2.75) is 25.0 Å². The average Bonchev–Trinajstić information content (AvgIpc) is 3.23. The minimum absolute atomic E-state index is 0.0484. The van der Waals surface area contributed by atoms with Crippen LogP contribution in [0.15, 0.2) is 61.2 Å². The SMILES string of the molecule is N#Cc1cccc(-c2ccc3c(c2)[C@H]2[C@H](CCN2Cc2cncnc2)[C@H](CO)N3)c1. The fourth-order valence-corrected chi connectivity index (χ4v) is 4.93. The van der Waals surface area contributed by atoms with Gasteiger partial charge in [-0.3, -0.25) is 4.90 Å². The Morgan fingerprint density at radius 1 is 1.13 bits per heavy atom. The number of hydrogen-bond acceptors (Lipinski definition) is 6. The van der Waals surface area contributed by atoms with Gasteiger partial charge in [-0.05, 0) is 53.9 Å². The highest BCUT2D eigenvalue weighted by atomic mass is 16.3. The molecule has 150 valence electrons. The van der Waals surface area contributed by atoms with Gasteiger partial charge in [-0.15, -0.1) is 0 Å². The van der Waals surface area contributed by atoms with Gasteiger partial charge in [-0.2, -0.15) is 5.26 Å². The van der Waals surface area contributed by atoms with Crippen LogP contribution in [0.1, 0.15) is 29.2 Å². The summed E-state index contributed by atoms with van der Waals surface area (Å²) in [5, 5.41) is 22.8. The van der Waals surface area contributed by atoms with Crippen molar-refractivity contribution in [2.75, 3.05) is 18.5 Å². The second kappa shape index (κ2) is 7.86. The van der Waals surface area contributed by atoms with Gasteiger partial charge in [0.25, 0.3) is 0 Å². The van der Waals surface area contributed by atoms with E-state index in [9.17, 15) is 10.4 Å². The quantitative estimate of drug-likeness (QED) is 0.702. The number of fused-ring (bicyclic) bond motifs is 3. The number of nitrogens with one attached hydrogen (secondary N) is 1. The Labute approximate surface area is 175 Å². The van der Waals surface area contributed by atoms with Crippen LogP contribution in [0, 0.1) is 17.2 Å². The van der Waals surface area contributed by atoms with Crippen LogP contribution >= 0.6 is 0 Å². The molecule has 0 spiro atoms. The van der Waals surface area contributed by atoms with E-state index < -0.39 is 0 Å². The van der Waals surface area contributed by atoms with Gasteiger partial charge in [0.1, 0.15) is 6.33 Å². The lowest BCUT2D eigenvalue weighted by Crippen LogP contribution is -2.41. The highest BCUT2D eigenvalue weighted by Crippen LogP contribution is 2.47. The molecule has 6 heteroatoms. The van der Waals surface area contributed by atoms with Crippen molar-refractivity contribution in [1.29, 1.82) is 5.26 Å². The number of aromatic nitrogens is 2. The highest BCUT2D eigenvalue weighted by molar-refractivity contribution is 5.71. The molecule has 3 heterocycles. The van der Waals surface area contributed by atoms with Crippen LogP contribution in [0.2, 0.25) is 0 Å². The number of hydrogen-bond donors (Lipinski definition) is 2. The molecular weight excluding hydrogens is 374 g/mol. The molecule has 1 aromatic heterocycles. The fourth-order valence-electron chi connectivity index (χ4n) is 4.93. The molecule has 3 atom stereocenters. The highest BCUT2D eigenvalue weighted by Gasteiger charge is 2.43. The van der Waals surface area contributed by atoms with Crippen LogP contribution in [0.25, 0.3) is 11.1 Å². The van der Waals surface area contributed by atoms with Crippen LogP contribution in [-0.4, -0.2) is 39.2 Å². The third kappa shape index (κ3) is 3.32. The monoisotopic (exact) mass is 397 g/mol. The summed E-state index contributed by atoms with van der Waals surface area (Å²) in [6.07, 6.45) is 6.33. The lowest BCUT2D eigenvalue weighted by Gasteiger charge is -2.39. The molecule has 0 amide bonds. The molecular formula is C24H23N5O. The number of benzene rings is 2. The Hall–Kier alpha value is -3.27. The van der Waals surface area contributed by atoms with Crippen molar-refractivity contribution in [1.82, 2.24) is 14.9 Å². The number of anilines is 1. The molecule has 0 radical (unpaired) electrons. The van der Waals surface area contributed by atoms with Crippen LogP contribution in [0.3, 0.4) is 0 Å². The molecule has 2 N–H and O–H groups in total. The molecule has 2 aliphatic rings. The maximum Gasteiger partial charge on any atom is 0.115 e. The minimum atomic E-state index is 0.0484. The topological polar surface area (TPSA) is 85.1 Å². The number of nitrogens with zero attached hydrogens (tertiary/aromatic N) is 4. The van der Waals surface area contributed by atoms with Gasteiger partial charge in [-0.25, -0.2) is 9.97 Å². The molecule has 30 heavy (non-hydrogen) atoms. The molecule has 0 aliphatic carbocycles. The molecule has 1 fully saturated rings. The lowest BCUT2D eigenvalue weighted by molar-refractivity contribution is 0.172. The zero-order valence-corrected chi connectivity index (χ0v) is 16.6. The third-order valence-corrected chi connectivity index (χ3v) is 6.30. The standard InChI is InChI=1S/C24H23N5O/c25-10-16-2-1-3-18(8-16)19-4-5-22-21(9-19)24-20(23(14-30)28-22)6-7-29(24)13-17-11-26-15-27-12-17/h1-5,8-9,11-12,15,20,23-24,28,30H,6-7,13-14H2/t20-,23+,24-/m1/s1. The zero-order valence-electron chi connectivity index (χ0n) is 16.6. The maximum absolute atomic E-state index is 10.00. The first-order valence-corrected chi connectivity index (χ1v) is 10.3. The van der Waals surface area contributed by atoms with Gasteiger partial charge in [-0.1, -0.05) is 18.2 Å². The Morgan fingerprint density at radius 3 is 2.77 bits per heavy atom. The van der Waals surface area contributed by atoms with E-state index in [2.05, 4.69) is 44.5 Å². The maximum atomic E-state index is 10.00. The summed E-state index contributed by atoms with van der Waals surface area (Å²) >= 11 is 0. The molecule has 2 aromatic carbocycles. The first-order valence-electron chi connectivity index (χ1n) is 10.3. The minimum Gasteiger partial charge on any atom is -0.394 e. The number of rotatable bonds is 4. The van der Waals surface area contributed by atoms with Crippen LogP contribution < -0.4 is 5.32 Å². The van der Waals surface area contributed by atoms with Crippen LogP contribution in [0.5, 0.6) is 0 Å². The number of nitriles is 1. The number of likely N-dealkylation sites (tertiary alicyclic amines) is 1. The molecule has 3 aromatic rings. The molecule has 5 rings (SSSR count). The molecule has 0 unspecified atom stereocenters. The van der Waals surface area contributed by atoms with Crippen molar-refractivity contribution in [3.05, 3.63) is 77.9 Å². The molecule has 0 bridgehead atoms. The van der Waals surface area contributed by atoms with Crippen molar-refractivity contribution >= 4 is 5.69 Å². The molecule has 2 aliphatic heterocycles. The summed E-state index contributed by atoms with van der Waals surface area (Å²) in [6, 6.07) is 16.6. The van der Waals surface area contributed by atoms with E-state index in [1.165, 1.54) is 5.56 Å². The van der Waals surface area contributed by atoms with Crippen molar-refractivity contribution in [2.24, 2.45) is 5.92 Å². The van der Waals surface area contributed by atoms with Gasteiger partial charge in [0.05, 0.1) is 24.3 Å². The summed E-state index contributed by atoms with van der Waals surface area (Å²) in [5.74, 6) is 0.341. The second-order valence-electron chi connectivity index (χ2n) is 8.04. The van der Waals surface area contributed by atoms with Gasteiger partial charge in [0, 0.05) is 42.1 Å². The van der Waals surface area contributed by atoms with E-state index in [-0.39, 0.29) is 18.7 Å². The zero-order chi connectivity index (χ0) is 20.5. The fraction of sp³-hybridized carbons (Fsp3) is 0.292. The van der Waals surface area contributed by atoms with Gasteiger partial charge >= 0.3 is 0 Å². The lowest BCUT2D eigenvalue weighted by atomic mass is 9.82. The second-order valence-corrected chi connectivity index (χ2v) is 8.04. The number of aliphatic hydroxyl groups is 1. The molecule has 0 saturated carbocycles. The van der Waals surface area contributed by atoms with E-state index in [1.54, 1.807) is 6.33 Å². The normalized spacial score (nSPS) is 22.6. The first kappa shape index (κ1) is 18.7. The Balaban J connectivity index is 1.54. The van der Waals surface area contributed by atoms with E-state index >= 15 is 0 Å². The van der Waals surface area contributed by atoms with Gasteiger partial charge in [0.2, 0.25) is 0 Å². The Morgan fingerprint density at radius 2 is 1.97 bits per heavy atom. The first-order chi connectivity index (χ1) is 14.8. The van der Waals surface area contributed by atoms with Crippen molar-refractivity contribution < 1.29 is 5.11 Å². The Kier molecular flexibility index (Phi) is 4.91. The summed E-state index contributed by atoms with van der Waals surface area (Å²) in [7, 11) is 0. The van der Waals surface area contributed by atoms with E-state index in [1.807, 2.05) is 36.7 Å². The van der Waals surface area contributed by atoms with E-state index in [0.717, 1.165) is 41.9 Å². The molecule has 6 nitrogen and oxygen atoms in total. The van der Waals surface area contributed by atoms with E-state index in [4.69, 9.17) is 0 Å².